The monoisotopic (exact) mass is 238 g/mol. The van der Waals surface area contributed by atoms with Crippen LogP contribution in [0.15, 0.2) is 18.2 Å². The molecule has 0 saturated heterocycles. The number of hydrogen-bond acceptors (Lipinski definition) is 4. The lowest BCUT2D eigenvalue weighted by atomic mass is 10.2. The van der Waals surface area contributed by atoms with Crippen molar-refractivity contribution >= 4 is 5.69 Å². The van der Waals surface area contributed by atoms with Gasteiger partial charge in [0.25, 0.3) is 0 Å². The molecule has 1 rings (SSSR count). The van der Waals surface area contributed by atoms with Gasteiger partial charge in [-0.05, 0) is 12.1 Å². The molecule has 17 heavy (non-hydrogen) atoms. The molecule has 0 heterocycles. The SMILES string of the molecule is COc1ccc(NCCNC(C)C)cc1OC. The Hall–Kier alpha value is -1.42. The molecule has 0 aromatic heterocycles. The molecule has 0 radical (unpaired) electrons. The summed E-state index contributed by atoms with van der Waals surface area (Å²) < 4.78 is 10.4. The van der Waals surface area contributed by atoms with Gasteiger partial charge in [0, 0.05) is 30.9 Å². The zero-order chi connectivity index (χ0) is 12.7. The summed E-state index contributed by atoms with van der Waals surface area (Å²) in [6.45, 7) is 6.09. The summed E-state index contributed by atoms with van der Waals surface area (Å²) in [5.74, 6) is 1.49. The Morgan fingerprint density at radius 2 is 1.76 bits per heavy atom. The molecule has 0 aliphatic rings. The minimum Gasteiger partial charge on any atom is -0.493 e. The van der Waals surface area contributed by atoms with E-state index in [2.05, 4.69) is 24.5 Å². The van der Waals surface area contributed by atoms with Crippen LogP contribution in [0.25, 0.3) is 0 Å². The lowest BCUT2D eigenvalue weighted by Crippen LogP contribution is -2.28. The van der Waals surface area contributed by atoms with Gasteiger partial charge < -0.3 is 20.1 Å². The third-order valence-corrected chi connectivity index (χ3v) is 2.39. The van der Waals surface area contributed by atoms with Gasteiger partial charge >= 0.3 is 0 Å². The minimum atomic E-state index is 0.516. The highest BCUT2D eigenvalue weighted by Crippen LogP contribution is 2.29. The van der Waals surface area contributed by atoms with E-state index in [1.54, 1.807) is 14.2 Å². The van der Waals surface area contributed by atoms with Crippen LogP contribution >= 0.6 is 0 Å². The van der Waals surface area contributed by atoms with E-state index in [0.717, 1.165) is 30.3 Å². The third-order valence-electron chi connectivity index (χ3n) is 2.39. The lowest BCUT2D eigenvalue weighted by Gasteiger charge is -2.12. The summed E-state index contributed by atoms with van der Waals surface area (Å²) in [4.78, 5) is 0. The van der Waals surface area contributed by atoms with Gasteiger partial charge in [-0.15, -0.1) is 0 Å². The van der Waals surface area contributed by atoms with Crippen LogP contribution in [0.5, 0.6) is 11.5 Å². The van der Waals surface area contributed by atoms with Gasteiger partial charge in [0.2, 0.25) is 0 Å². The van der Waals surface area contributed by atoms with Crippen LogP contribution in [-0.2, 0) is 0 Å². The average Bonchev–Trinajstić information content (AvgIpc) is 2.34. The maximum atomic E-state index is 5.24. The van der Waals surface area contributed by atoms with Crippen LogP contribution in [0, 0.1) is 0 Å². The molecule has 1 aromatic carbocycles. The highest BCUT2D eigenvalue weighted by Gasteiger charge is 2.03. The predicted octanol–water partition coefficient (Wildman–Crippen LogP) is 2.11. The molecule has 1 aromatic rings. The highest BCUT2D eigenvalue weighted by molar-refractivity contribution is 5.54. The summed E-state index contributed by atoms with van der Waals surface area (Å²) in [5.41, 5.74) is 1.04. The molecule has 0 aliphatic carbocycles. The van der Waals surface area contributed by atoms with Crippen molar-refractivity contribution in [2.24, 2.45) is 0 Å². The van der Waals surface area contributed by atoms with Crippen LogP contribution in [-0.4, -0.2) is 33.4 Å². The number of anilines is 1. The Labute approximate surface area is 103 Å². The van der Waals surface area contributed by atoms with E-state index in [1.807, 2.05) is 18.2 Å². The van der Waals surface area contributed by atoms with Crippen molar-refractivity contribution in [2.45, 2.75) is 19.9 Å². The fourth-order valence-electron chi connectivity index (χ4n) is 1.51. The molecule has 0 fully saturated rings. The standard InChI is InChI=1S/C13H22N2O2/c1-10(2)14-7-8-15-11-5-6-12(16-3)13(9-11)17-4/h5-6,9-10,14-15H,7-8H2,1-4H3. The van der Waals surface area contributed by atoms with Gasteiger partial charge in [0.05, 0.1) is 14.2 Å². The zero-order valence-electron chi connectivity index (χ0n) is 11.0. The van der Waals surface area contributed by atoms with Gasteiger partial charge in [-0.1, -0.05) is 13.8 Å². The van der Waals surface area contributed by atoms with Crippen LogP contribution < -0.4 is 20.1 Å². The topological polar surface area (TPSA) is 42.5 Å². The smallest absolute Gasteiger partial charge is 0.162 e. The van der Waals surface area contributed by atoms with Crippen molar-refractivity contribution in [1.29, 1.82) is 0 Å². The Morgan fingerprint density at radius 3 is 2.35 bits per heavy atom. The van der Waals surface area contributed by atoms with Crippen LogP contribution in [0.2, 0.25) is 0 Å². The first-order chi connectivity index (χ1) is 8.17. The van der Waals surface area contributed by atoms with E-state index in [4.69, 9.17) is 9.47 Å². The quantitative estimate of drug-likeness (QED) is 0.714. The first-order valence-electron chi connectivity index (χ1n) is 5.86. The summed E-state index contributed by atoms with van der Waals surface area (Å²) in [7, 11) is 3.28. The van der Waals surface area contributed by atoms with Crippen LogP contribution in [0.4, 0.5) is 5.69 Å². The Bertz CT molecular complexity index is 340. The predicted molar refractivity (Wildman–Crippen MR) is 71.2 cm³/mol. The number of benzene rings is 1. The molecule has 96 valence electrons. The van der Waals surface area contributed by atoms with Crippen molar-refractivity contribution in [3.63, 3.8) is 0 Å². The molecule has 0 unspecified atom stereocenters. The summed E-state index contributed by atoms with van der Waals surface area (Å²) in [6, 6.07) is 6.34. The number of ether oxygens (including phenoxy) is 2. The molecule has 0 saturated carbocycles. The van der Waals surface area contributed by atoms with Gasteiger partial charge in [-0.2, -0.15) is 0 Å². The summed E-state index contributed by atoms with van der Waals surface area (Å²) in [5, 5.41) is 6.68. The fraction of sp³-hybridized carbons (Fsp3) is 0.538. The van der Waals surface area contributed by atoms with Crippen LogP contribution in [0.3, 0.4) is 0 Å². The van der Waals surface area contributed by atoms with Crippen molar-refractivity contribution in [3.8, 4) is 11.5 Å². The first kappa shape index (κ1) is 13.6. The normalized spacial score (nSPS) is 10.4. The first-order valence-corrected chi connectivity index (χ1v) is 5.86. The molecule has 0 bridgehead atoms. The maximum Gasteiger partial charge on any atom is 0.162 e. The van der Waals surface area contributed by atoms with Crippen LogP contribution in [0.1, 0.15) is 13.8 Å². The van der Waals surface area contributed by atoms with Crippen molar-refractivity contribution in [2.75, 3.05) is 32.6 Å². The Balaban J connectivity index is 2.48. The fourth-order valence-corrected chi connectivity index (χ4v) is 1.51. The van der Waals surface area contributed by atoms with Gasteiger partial charge in [0.1, 0.15) is 0 Å². The van der Waals surface area contributed by atoms with E-state index in [-0.39, 0.29) is 0 Å². The van der Waals surface area contributed by atoms with E-state index in [0.29, 0.717) is 6.04 Å². The molecule has 0 spiro atoms. The molecule has 0 amide bonds. The number of hydrogen-bond donors (Lipinski definition) is 2. The molecule has 4 nitrogen and oxygen atoms in total. The Morgan fingerprint density at radius 1 is 1.06 bits per heavy atom. The second-order valence-electron chi connectivity index (χ2n) is 4.11. The molecular weight excluding hydrogens is 216 g/mol. The van der Waals surface area contributed by atoms with E-state index < -0.39 is 0 Å². The molecule has 4 heteroatoms. The van der Waals surface area contributed by atoms with Gasteiger partial charge in [0.15, 0.2) is 11.5 Å². The Kier molecular flexibility index (Phi) is 5.63. The number of nitrogens with one attached hydrogen (secondary N) is 2. The molecule has 0 atom stereocenters. The third kappa shape index (κ3) is 4.53. The van der Waals surface area contributed by atoms with Gasteiger partial charge in [-0.3, -0.25) is 0 Å². The van der Waals surface area contributed by atoms with E-state index in [1.165, 1.54) is 0 Å². The highest BCUT2D eigenvalue weighted by atomic mass is 16.5. The van der Waals surface area contributed by atoms with Crippen molar-refractivity contribution in [3.05, 3.63) is 18.2 Å². The number of methoxy groups -OCH3 is 2. The minimum absolute atomic E-state index is 0.516. The van der Waals surface area contributed by atoms with Crippen molar-refractivity contribution < 1.29 is 9.47 Å². The average molecular weight is 238 g/mol. The summed E-state index contributed by atoms with van der Waals surface area (Å²) >= 11 is 0. The maximum absolute atomic E-state index is 5.24. The molecular formula is C13H22N2O2. The largest absolute Gasteiger partial charge is 0.493 e. The van der Waals surface area contributed by atoms with Gasteiger partial charge in [-0.25, -0.2) is 0 Å². The molecule has 2 N–H and O–H groups in total. The van der Waals surface area contributed by atoms with Crippen molar-refractivity contribution in [1.82, 2.24) is 5.32 Å². The zero-order valence-corrected chi connectivity index (χ0v) is 11.0. The second-order valence-corrected chi connectivity index (χ2v) is 4.11. The number of rotatable bonds is 7. The lowest BCUT2D eigenvalue weighted by molar-refractivity contribution is 0.355. The molecule has 0 aliphatic heterocycles. The summed E-state index contributed by atoms with van der Waals surface area (Å²) in [6.07, 6.45) is 0. The van der Waals surface area contributed by atoms with E-state index >= 15 is 0 Å². The van der Waals surface area contributed by atoms with E-state index in [9.17, 15) is 0 Å². The second kappa shape index (κ2) is 7.01.